The number of esters is 2. The van der Waals surface area contributed by atoms with Crippen molar-refractivity contribution >= 4 is 62.0 Å². The van der Waals surface area contributed by atoms with Gasteiger partial charge in [-0.25, -0.2) is 24.5 Å². The van der Waals surface area contributed by atoms with Crippen molar-refractivity contribution in [1.82, 2.24) is 29.9 Å². The molecular formula is C55H44ClF9N6O13. The van der Waals surface area contributed by atoms with Gasteiger partial charge in [-0.1, -0.05) is 42.5 Å². The standard InChI is InChI=1S/2C18H13F3N2O4.C11H9ClN2O3.C7H5F3O.CH4O/c1-26-17(25)10-6-7-11-13(8-10)22-15(23-16(11)24)9-27-14-5-3-2-4-12(14)18(19,20)21;19-18(20,21)12-3-1-2-4-15(12)27-9-16-22-13-7-10(14(25)8-24)5-6-11(13)17(26)23-16;1-17-11(16)6-2-3-7-8(4-6)13-9(5-12)14-10(7)15;8-7(9,10)5-3-1-2-4-6(5)11;1-2/h2-8H,9H2,1H3,(H,22,23,24);1-7,24H,8-9H2,(H,22,23,26);2-4H,5H2,1H3,(H,13,14,15);1-4,11H;2H,1H3. The molecule has 0 saturated carbocycles. The molecule has 0 spiro atoms. The topological polar surface area (TPSA) is 286 Å². The molecule has 3 heterocycles. The fourth-order valence-electron chi connectivity index (χ4n) is 7.18. The van der Waals surface area contributed by atoms with Crippen molar-refractivity contribution < 1.29 is 88.2 Å². The van der Waals surface area contributed by atoms with Crippen molar-refractivity contribution in [3.05, 3.63) is 209 Å². The number of H-pyrrole nitrogens is 3. The number of aliphatic hydroxyl groups is 2. The number of phenols is 1. The molecule has 0 unspecified atom stereocenters. The highest BCUT2D eigenvalue weighted by Gasteiger charge is 2.35. The lowest BCUT2D eigenvalue weighted by Crippen LogP contribution is -2.15. The number of nitrogens with one attached hydrogen (secondary N) is 3. The van der Waals surface area contributed by atoms with E-state index in [0.717, 1.165) is 31.4 Å². The zero-order valence-electron chi connectivity index (χ0n) is 43.5. The molecule has 0 amide bonds. The zero-order valence-corrected chi connectivity index (χ0v) is 44.3. The number of aromatic amines is 3. The molecule has 3 aromatic heterocycles. The van der Waals surface area contributed by atoms with Crippen LogP contribution in [0.1, 0.15) is 65.2 Å². The Kier molecular flexibility index (Phi) is 22.4. The van der Waals surface area contributed by atoms with E-state index < -0.39 is 88.8 Å². The SMILES string of the molecule is CO.COC(=O)c1ccc2c(=O)[nH]c(CCl)nc2c1.COC(=O)c1ccc2c(=O)[nH]c(COc3ccccc3C(F)(F)F)nc2c1.O=C(CO)c1ccc2c(=O)[nH]c(COc3ccccc3C(F)(F)F)nc2c1.Oc1ccccc1C(F)(F)F. The molecule has 0 bridgehead atoms. The number of halogens is 10. The van der Waals surface area contributed by atoms with Crippen LogP contribution in [0.25, 0.3) is 32.7 Å². The van der Waals surface area contributed by atoms with Gasteiger partial charge in [-0.3, -0.25) is 19.2 Å². The van der Waals surface area contributed by atoms with Gasteiger partial charge in [0.05, 0.1) is 80.6 Å². The Bertz CT molecular complexity index is 3810. The normalized spacial score (nSPS) is 11.1. The summed E-state index contributed by atoms with van der Waals surface area (Å²) in [6.45, 7) is -1.49. The van der Waals surface area contributed by atoms with E-state index in [0.29, 0.717) is 22.3 Å². The number of ether oxygens (including phenoxy) is 4. The van der Waals surface area contributed by atoms with Crippen LogP contribution in [0.15, 0.2) is 142 Å². The quantitative estimate of drug-likeness (QED) is 0.0304. The number of Topliss-reactive ketones (excluding diaryl/α,β-unsaturated/α-hetero) is 1. The third kappa shape index (κ3) is 17.2. The number of aromatic nitrogens is 6. The van der Waals surface area contributed by atoms with Gasteiger partial charge in [-0.15, -0.1) is 11.6 Å². The smallest absolute Gasteiger partial charge is 0.419 e. The molecule has 0 aliphatic heterocycles. The first kappa shape index (κ1) is 65.1. The number of rotatable bonds is 11. The number of alkyl halides is 10. The van der Waals surface area contributed by atoms with Gasteiger partial charge >= 0.3 is 30.5 Å². The Balaban J connectivity index is 0.000000213. The Morgan fingerprint density at radius 2 is 0.833 bits per heavy atom. The molecule has 19 nitrogen and oxygen atoms in total. The maximum absolute atomic E-state index is 13.0. The van der Waals surface area contributed by atoms with E-state index in [1.165, 1.54) is 117 Å². The second kappa shape index (κ2) is 28.8. The minimum atomic E-state index is -4.58. The number of carbonyl (C=O) groups excluding carboxylic acids is 3. The lowest BCUT2D eigenvalue weighted by atomic mass is 10.1. The minimum Gasteiger partial charge on any atom is -0.507 e. The summed E-state index contributed by atoms with van der Waals surface area (Å²) in [6, 6.07) is 26.7. The molecule has 0 fully saturated rings. The number of hydrogen-bond donors (Lipinski definition) is 6. The van der Waals surface area contributed by atoms with E-state index in [9.17, 15) is 68.3 Å². The number of para-hydroxylation sites is 3. The second-order valence-electron chi connectivity index (χ2n) is 16.5. The van der Waals surface area contributed by atoms with Gasteiger partial charge < -0.3 is 49.2 Å². The first-order chi connectivity index (χ1) is 39.7. The van der Waals surface area contributed by atoms with Crippen molar-refractivity contribution in [2.24, 2.45) is 0 Å². The van der Waals surface area contributed by atoms with E-state index in [1.807, 2.05) is 0 Å². The van der Waals surface area contributed by atoms with Crippen LogP contribution in [-0.4, -0.2) is 90.9 Å². The molecule has 0 aliphatic carbocycles. The Labute approximate surface area is 470 Å². The highest BCUT2D eigenvalue weighted by atomic mass is 35.5. The van der Waals surface area contributed by atoms with E-state index in [2.05, 4.69) is 39.4 Å². The molecule has 84 heavy (non-hydrogen) atoms. The molecule has 0 saturated heterocycles. The number of benzene rings is 6. The average Bonchev–Trinajstić information content (AvgIpc) is 3.39. The number of methoxy groups -OCH3 is 2. The molecule has 29 heteroatoms. The fraction of sp³-hybridized carbons (Fsp3) is 0.182. The van der Waals surface area contributed by atoms with Crippen LogP contribution in [0, 0.1) is 0 Å². The predicted octanol–water partition coefficient (Wildman–Crippen LogP) is 9.47. The molecule has 0 radical (unpaired) electrons. The van der Waals surface area contributed by atoms with Crippen LogP contribution in [-0.2, 0) is 47.1 Å². The maximum atomic E-state index is 13.0. The predicted molar refractivity (Wildman–Crippen MR) is 284 cm³/mol. The molecular weight excluding hydrogens is 1160 g/mol. The van der Waals surface area contributed by atoms with Gasteiger partial charge in [0.2, 0.25) is 0 Å². The van der Waals surface area contributed by atoms with Crippen LogP contribution < -0.4 is 26.2 Å². The van der Waals surface area contributed by atoms with Crippen molar-refractivity contribution in [2.75, 3.05) is 27.9 Å². The number of nitrogens with zero attached hydrogens (tertiary/aromatic N) is 3. The molecule has 0 atom stereocenters. The lowest BCUT2D eigenvalue weighted by molar-refractivity contribution is -0.139. The number of hydrogen-bond acceptors (Lipinski definition) is 16. The van der Waals surface area contributed by atoms with Crippen molar-refractivity contribution in [1.29, 1.82) is 0 Å². The zero-order chi connectivity index (χ0) is 62.1. The van der Waals surface area contributed by atoms with Gasteiger partial charge in [0, 0.05) is 12.7 Å². The van der Waals surface area contributed by atoms with Crippen LogP contribution in [0.4, 0.5) is 39.5 Å². The van der Waals surface area contributed by atoms with Crippen molar-refractivity contribution in [2.45, 2.75) is 37.6 Å². The first-order valence-electron chi connectivity index (χ1n) is 23.6. The van der Waals surface area contributed by atoms with Gasteiger partial charge in [0.1, 0.15) is 54.5 Å². The Morgan fingerprint density at radius 3 is 1.18 bits per heavy atom. The van der Waals surface area contributed by atoms with Crippen molar-refractivity contribution in [3.63, 3.8) is 0 Å². The summed E-state index contributed by atoms with van der Waals surface area (Å²) < 4.78 is 133. The highest BCUT2D eigenvalue weighted by Crippen LogP contribution is 2.38. The fourth-order valence-corrected chi connectivity index (χ4v) is 7.30. The van der Waals surface area contributed by atoms with Gasteiger partial charge in [0.15, 0.2) is 5.78 Å². The van der Waals surface area contributed by atoms with Gasteiger partial charge in [0.25, 0.3) is 16.7 Å². The second-order valence-corrected chi connectivity index (χ2v) is 16.8. The Hall–Kier alpha value is -9.67. The molecule has 9 rings (SSSR count). The van der Waals surface area contributed by atoms with Gasteiger partial charge in [-0.2, -0.15) is 39.5 Å². The highest BCUT2D eigenvalue weighted by molar-refractivity contribution is 6.16. The summed E-state index contributed by atoms with van der Waals surface area (Å²) in [5.74, 6) is -2.63. The summed E-state index contributed by atoms with van der Waals surface area (Å²) in [5, 5.41) is 25.5. The van der Waals surface area contributed by atoms with Crippen LogP contribution in [0.3, 0.4) is 0 Å². The number of phenolic OH excluding ortho intramolecular Hbond substituents is 1. The van der Waals surface area contributed by atoms with Crippen LogP contribution >= 0.6 is 11.6 Å². The van der Waals surface area contributed by atoms with Crippen LogP contribution in [0.2, 0.25) is 0 Å². The third-order valence-electron chi connectivity index (χ3n) is 11.0. The molecule has 442 valence electrons. The lowest BCUT2D eigenvalue weighted by Gasteiger charge is -2.13. The summed E-state index contributed by atoms with van der Waals surface area (Å²) >= 11 is 5.60. The number of carbonyl (C=O) groups is 3. The monoisotopic (exact) mass is 1200 g/mol. The molecule has 9 aromatic rings. The number of ketones is 1. The minimum absolute atomic E-state index is 0.00178. The van der Waals surface area contributed by atoms with Gasteiger partial charge in [-0.05, 0) is 84.9 Å². The molecule has 6 aromatic carbocycles. The Morgan fingerprint density at radius 1 is 0.500 bits per heavy atom. The summed E-state index contributed by atoms with van der Waals surface area (Å²) in [4.78, 5) is 90.3. The first-order valence-corrected chi connectivity index (χ1v) is 24.1. The van der Waals surface area contributed by atoms with E-state index >= 15 is 0 Å². The maximum Gasteiger partial charge on any atom is 0.419 e. The number of aromatic hydroxyl groups is 1. The third-order valence-corrected chi connectivity index (χ3v) is 11.3. The largest absolute Gasteiger partial charge is 0.507 e. The molecule has 6 N–H and O–H groups in total. The van der Waals surface area contributed by atoms with E-state index in [4.69, 9.17) is 36.4 Å². The number of aliphatic hydroxyl groups excluding tert-OH is 2. The van der Waals surface area contributed by atoms with Crippen LogP contribution in [0.5, 0.6) is 17.2 Å². The van der Waals surface area contributed by atoms with Crippen molar-refractivity contribution in [3.8, 4) is 17.2 Å². The summed E-state index contributed by atoms with van der Waals surface area (Å²) in [6.07, 6.45) is -13.6. The summed E-state index contributed by atoms with van der Waals surface area (Å²) in [7, 11) is 3.51. The van der Waals surface area contributed by atoms with E-state index in [-0.39, 0.29) is 68.4 Å². The summed E-state index contributed by atoms with van der Waals surface area (Å²) in [5.41, 5.74) is -2.68. The number of fused-ring (bicyclic) bond motifs is 3. The molecule has 0 aliphatic rings. The van der Waals surface area contributed by atoms with E-state index in [1.54, 1.807) is 0 Å². The average molecular weight is 1200 g/mol.